The van der Waals surface area contributed by atoms with Crippen molar-refractivity contribution in [3.8, 4) is 0 Å². The average Bonchev–Trinajstić information content (AvgIpc) is 2.05. The van der Waals surface area contributed by atoms with Gasteiger partial charge in [0.15, 0.2) is 0 Å². The maximum atomic E-state index is 5.93. The van der Waals surface area contributed by atoms with Crippen LogP contribution in [-0.2, 0) is 9.47 Å². The van der Waals surface area contributed by atoms with Crippen molar-refractivity contribution in [2.45, 2.75) is 31.5 Å². The minimum Gasteiger partial charge on any atom is -0.378 e. The van der Waals surface area contributed by atoms with Gasteiger partial charge < -0.3 is 14.8 Å². The molecule has 0 saturated carbocycles. The molecule has 2 aliphatic heterocycles. The second kappa shape index (κ2) is 3.32. The summed E-state index contributed by atoms with van der Waals surface area (Å²) in [5.74, 6) is 0. The van der Waals surface area contributed by atoms with Crippen LogP contribution in [0.3, 0.4) is 0 Å². The molecule has 3 nitrogen and oxygen atoms in total. The SMILES string of the molecule is C[C@H]1CNC[C@@]2(CCCOC2)O1. The molecule has 0 aromatic carbocycles. The van der Waals surface area contributed by atoms with E-state index in [0.717, 1.165) is 39.1 Å². The smallest absolute Gasteiger partial charge is 0.104 e. The van der Waals surface area contributed by atoms with E-state index in [1.54, 1.807) is 0 Å². The van der Waals surface area contributed by atoms with Crippen LogP contribution in [0.4, 0.5) is 0 Å². The summed E-state index contributed by atoms with van der Waals surface area (Å²) in [5, 5.41) is 3.39. The second-order valence-electron chi connectivity index (χ2n) is 3.90. The number of rotatable bonds is 0. The van der Waals surface area contributed by atoms with Crippen molar-refractivity contribution in [2.24, 2.45) is 0 Å². The zero-order valence-electron chi connectivity index (χ0n) is 7.64. The molecular weight excluding hydrogens is 154 g/mol. The van der Waals surface area contributed by atoms with Crippen LogP contribution in [0.2, 0.25) is 0 Å². The number of morpholine rings is 1. The Morgan fingerprint density at radius 3 is 3.08 bits per heavy atom. The second-order valence-corrected chi connectivity index (χ2v) is 3.90. The molecule has 70 valence electrons. The van der Waals surface area contributed by atoms with Crippen LogP contribution in [-0.4, -0.2) is 38.0 Å². The Morgan fingerprint density at radius 1 is 1.50 bits per heavy atom. The molecule has 2 heterocycles. The molecule has 0 amide bonds. The number of hydrogen-bond acceptors (Lipinski definition) is 3. The third-order valence-electron chi connectivity index (χ3n) is 2.62. The number of ether oxygens (including phenoxy) is 2. The lowest BCUT2D eigenvalue weighted by atomic mass is 9.94. The van der Waals surface area contributed by atoms with Gasteiger partial charge >= 0.3 is 0 Å². The highest BCUT2D eigenvalue weighted by molar-refractivity contribution is 4.90. The zero-order valence-corrected chi connectivity index (χ0v) is 7.64. The molecule has 0 aliphatic carbocycles. The van der Waals surface area contributed by atoms with E-state index >= 15 is 0 Å². The summed E-state index contributed by atoms with van der Waals surface area (Å²) >= 11 is 0. The van der Waals surface area contributed by atoms with Crippen molar-refractivity contribution in [3.63, 3.8) is 0 Å². The van der Waals surface area contributed by atoms with Gasteiger partial charge in [0, 0.05) is 19.7 Å². The highest BCUT2D eigenvalue weighted by atomic mass is 16.6. The molecule has 2 fully saturated rings. The lowest BCUT2D eigenvalue weighted by Gasteiger charge is -2.42. The molecule has 2 atom stereocenters. The summed E-state index contributed by atoms with van der Waals surface area (Å²) in [6, 6.07) is 0. The molecule has 0 bridgehead atoms. The fraction of sp³-hybridized carbons (Fsp3) is 1.00. The van der Waals surface area contributed by atoms with E-state index in [0.29, 0.717) is 6.10 Å². The summed E-state index contributed by atoms with van der Waals surface area (Å²) in [5.41, 5.74) is -0.00405. The highest BCUT2D eigenvalue weighted by Gasteiger charge is 2.37. The van der Waals surface area contributed by atoms with Crippen LogP contribution in [0.15, 0.2) is 0 Å². The van der Waals surface area contributed by atoms with Gasteiger partial charge in [0.05, 0.1) is 12.7 Å². The molecule has 2 aliphatic rings. The lowest BCUT2D eigenvalue weighted by molar-refractivity contribution is -0.167. The standard InChI is InChI=1S/C9H17NO2/c1-8-5-10-6-9(12-8)3-2-4-11-7-9/h8,10H,2-7H2,1H3/t8-,9+/m0/s1. The molecule has 0 aromatic heterocycles. The zero-order chi connectivity index (χ0) is 8.44. The number of hydrogen-bond donors (Lipinski definition) is 1. The summed E-state index contributed by atoms with van der Waals surface area (Å²) in [7, 11) is 0. The topological polar surface area (TPSA) is 30.5 Å². The van der Waals surface area contributed by atoms with Crippen LogP contribution in [0.5, 0.6) is 0 Å². The first-order valence-electron chi connectivity index (χ1n) is 4.77. The third kappa shape index (κ3) is 1.63. The van der Waals surface area contributed by atoms with Gasteiger partial charge in [0.25, 0.3) is 0 Å². The first-order valence-corrected chi connectivity index (χ1v) is 4.77. The molecule has 0 unspecified atom stereocenters. The monoisotopic (exact) mass is 171 g/mol. The molecular formula is C9H17NO2. The summed E-state index contributed by atoms with van der Waals surface area (Å²) in [6.45, 7) is 5.71. The van der Waals surface area contributed by atoms with Gasteiger partial charge in [0.2, 0.25) is 0 Å². The van der Waals surface area contributed by atoms with Crippen molar-refractivity contribution in [1.82, 2.24) is 5.32 Å². The van der Waals surface area contributed by atoms with E-state index in [-0.39, 0.29) is 5.60 Å². The normalized spacial score (nSPS) is 43.2. The van der Waals surface area contributed by atoms with E-state index in [9.17, 15) is 0 Å². The molecule has 1 spiro atoms. The predicted octanol–water partition coefficient (Wildman–Crippen LogP) is 0.544. The highest BCUT2D eigenvalue weighted by Crippen LogP contribution is 2.26. The molecule has 12 heavy (non-hydrogen) atoms. The summed E-state index contributed by atoms with van der Waals surface area (Å²) in [4.78, 5) is 0. The molecule has 2 saturated heterocycles. The van der Waals surface area contributed by atoms with Gasteiger partial charge in [-0.05, 0) is 19.8 Å². The van der Waals surface area contributed by atoms with Crippen molar-refractivity contribution >= 4 is 0 Å². The first-order chi connectivity index (χ1) is 5.81. The summed E-state index contributed by atoms with van der Waals surface area (Å²) < 4.78 is 11.4. The maximum absolute atomic E-state index is 5.93. The van der Waals surface area contributed by atoms with Crippen molar-refractivity contribution in [1.29, 1.82) is 0 Å². The van der Waals surface area contributed by atoms with Crippen molar-refractivity contribution in [2.75, 3.05) is 26.3 Å². The Kier molecular flexibility index (Phi) is 2.35. The van der Waals surface area contributed by atoms with Crippen LogP contribution in [0, 0.1) is 0 Å². The van der Waals surface area contributed by atoms with Crippen LogP contribution >= 0.6 is 0 Å². The largest absolute Gasteiger partial charge is 0.378 e. The molecule has 1 N–H and O–H groups in total. The Hall–Kier alpha value is -0.120. The molecule has 0 aromatic rings. The van der Waals surface area contributed by atoms with E-state index in [4.69, 9.17) is 9.47 Å². The van der Waals surface area contributed by atoms with E-state index < -0.39 is 0 Å². The Bertz CT molecular complexity index is 149. The number of nitrogens with one attached hydrogen (secondary N) is 1. The molecule has 0 radical (unpaired) electrons. The van der Waals surface area contributed by atoms with Gasteiger partial charge in [0.1, 0.15) is 5.60 Å². The van der Waals surface area contributed by atoms with Crippen molar-refractivity contribution < 1.29 is 9.47 Å². The van der Waals surface area contributed by atoms with Gasteiger partial charge in [-0.3, -0.25) is 0 Å². The fourth-order valence-corrected chi connectivity index (χ4v) is 2.07. The van der Waals surface area contributed by atoms with Gasteiger partial charge in [-0.1, -0.05) is 0 Å². The molecule has 2 rings (SSSR count). The maximum Gasteiger partial charge on any atom is 0.104 e. The average molecular weight is 171 g/mol. The van der Waals surface area contributed by atoms with E-state index in [2.05, 4.69) is 12.2 Å². The first kappa shape index (κ1) is 8.48. The predicted molar refractivity (Wildman–Crippen MR) is 46.2 cm³/mol. The Balaban J connectivity index is 1.97. The minimum absolute atomic E-state index is 0.00405. The van der Waals surface area contributed by atoms with Gasteiger partial charge in [-0.25, -0.2) is 0 Å². The third-order valence-corrected chi connectivity index (χ3v) is 2.62. The summed E-state index contributed by atoms with van der Waals surface area (Å²) in [6.07, 6.45) is 2.61. The molecule has 3 heteroatoms. The van der Waals surface area contributed by atoms with Gasteiger partial charge in [-0.2, -0.15) is 0 Å². The Labute approximate surface area is 73.4 Å². The quantitative estimate of drug-likeness (QED) is 0.577. The minimum atomic E-state index is -0.00405. The van der Waals surface area contributed by atoms with Crippen LogP contribution in [0.25, 0.3) is 0 Å². The van der Waals surface area contributed by atoms with Gasteiger partial charge in [-0.15, -0.1) is 0 Å². The van der Waals surface area contributed by atoms with Crippen LogP contribution in [0.1, 0.15) is 19.8 Å². The van der Waals surface area contributed by atoms with Crippen molar-refractivity contribution in [3.05, 3.63) is 0 Å². The lowest BCUT2D eigenvalue weighted by Crippen LogP contribution is -2.57. The van der Waals surface area contributed by atoms with E-state index in [1.165, 1.54) is 0 Å². The van der Waals surface area contributed by atoms with Crippen LogP contribution < -0.4 is 5.32 Å². The van der Waals surface area contributed by atoms with E-state index in [1.807, 2.05) is 0 Å². The fourth-order valence-electron chi connectivity index (χ4n) is 2.07. The Morgan fingerprint density at radius 2 is 2.42 bits per heavy atom.